The lowest BCUT2D eigenvalue weighted by atomic mass is 10.0. The second kappa shape index (κ2) is 8.11. The average molecular weight is 538 g/mol. The number of imide groups is 1. The summed E-state index contributed by atoms with van der Waals surface area (Å²) in [4.78, 5) is 53.2. The Morgan fingerprint density at radius 1 is 1.19 bits per heavy atom. The third-order valence-electron chi connectivity index (χ3n) is 6.35. The fraction of sp³-hybridized carbons (Fsp3) is 0.500. The van der Waals surface area contributed by atoms with Gasteiger partial charge in [-0.2, -0.15) is 0 Å². The highest BCUT2D eigenvalue weighted by molar-refractivity contribution is 14.1. The van der Waals surface area contributed by atoms with Crippen LogP contribution in [0.2, 0.25) is 0 Å². The number of benzene rings is 1. The summed E-state index contributed by atoms with van der Waals surface area (Å²) >= 11 is 2.32. The molecule has 4 aliphatic rings. The van der Waals surface area contributed by atoms with Crippen LogP contribution in [0.25, 0.3) is 0 Å². The second-order valence-electron chi connectivity index (χ2n) is 8.24. The van der Waals surface area contributed by atoms with E-state index in [4.69, 9.17) is 0 Å². The number of alkyl halides is 1. The van der Waals surface area contributed by atoms with Crippen LogP contribution in [-0.2, 0) is 20.9 Å². The quantitative estimate of drug-likeness (QED) is 0.178. The number of carbonyl (C=O) groups is 4. The normalized spacial score (nSPS) is 30.7. The van der Waals surface area contributed by atoms with E-state index in [2.05, 4.69) is 48.8 Å². The van der Waals surface area contributed by atoms with Crippen molar-refractivity contribution < 1.29 is 19.2 Å². The van der Waals surface area contributed by atoms with Crippen LogP contribution in [0.5, 0.6) is 0 Å². The van der Waals surface area contributed by atoms with Gasteiger partial charge in [-0.3, -0.25) is 40.0 Å². The largest absolute Gasteiger partial charge is 0.326 e. The van der Waals surface area contributed by atoms with Crippen LogP contribution in [0, 0.1) is 5.92 Å². The predicted octanol–water partition coefficient (Wildman–Crippen LogP) is -0.445. The van der Waals surface area contributed by atoms with E-state index in [0.29, 0.717) is 30.8 Å². The molecule has 0 aliphatic carbocycles. The van der Waals surface area contributed by atoms with Crippen molar-refractivity contribution in [3.63, 3.8) is 0 Å². The Morgan fingerprint density at radius 2 is 2.03 bits per heavy atom. The van der Waals surface area contributed by atoms with Gasteiger partial charge >= 0.3 is 0 Å². The van der Waals surface area contributed by atoms with Gasteiger partial charge in [-0.15, -0.1) is 0 Å². The van der Waals surface area contributed by atoms with E-state index < -0.39 is 11.9 Å². The highest BCUT2D eigenvalue weighted by Gasteiger charge is 2.42. The molecule has 0 aromatic heterocycles. The molecule has 11 heteroatoms. The summed E-state index contributed by atoms with van der Waals surface area (Å²) in [5.74, 6) is -1.31. The van der Waals surface area contributed by atoms with Gasteiger partial charge in [0.1, 0.15) is 12.3 Å². The van der Waals surface area contributed by atoms with Crippen molar-refractivity contribution in [1.29, 1.82) is 0 Å². The monoisotopic (exact) mass is 538 g/mol. The first kappa shape index (κ1) is 20.8. The van der Waals surface area contributed by atoms with E-state index in [1.54, 1.807) is 12.1 Å². The number of fused-ring (bicyclic) bond motifs is 2. The van der Waals surface area contributed by atoms with Crippen LogP contribution in [0.1, 0.15) is 28.8 Å². The van der Waals surface area contributed by atoms with E-state index in [9.17, 15) is 19.2 Å². The Hall–Kier alpha value is -2.09. The molecule has 4 amide bonds. The number of nitrogens with zero attached hydrogens (tertiary/aromatic N) is 2. The third kappa shape index (κ3) is 3.73. The number of carbonyl (C=O) groups excluding carboxylic acids is 4. The molecule has 4 heterocycles. The van der Waals surface area contributed by atoms with Gasteiger partial charge in [0.2, 0.25) is 17.7 Å². The minimum Gasteiger partial charge on any atom is -0.326 e. The van der Waals surface area contributed by atoms with Crippen molar-refractivity contribution in [2.24, 2.45) is 5.92 Å². The summed E-state index contributed by atoms with van der Waals surface area (Å²) in [5.41, 5.74) is 1.86. The maximum Gasteiger partial charge on any atom is 0.255 e. The van der Waals surface area contributed by atoms with Gasteiger partial charge in [-0.25, -0.2) is 0 Å². The van der Waals surface area contributed by atoms with E-state index in [1.165, 1.54) is 4.90 Å². The molecule has 0 bridgehead atoms. The number of anilines is 1. The Balaban J connectivity index is 1.28. The SMILES string of the molecule is O=C1CCC(N2Cc3ccc(NC(=O)C4CNC5NCCN5C4I)cc3C2=O)C(=O)N1. The summed E-state index contributed by atoms with van der Waals surface area (Å²) in [6.45, 7) is 2.67. The lowest BCUT2D eigenvalue weighted by Crippen LogP contribution is -2.61. The van der Waals surface area contributed by atoms with E-state index >= 15 is 0 Å². The molecular weight excluding hydrogens is 515 g/mol. The smallest absolute Gasteiger partial charge is 0.255 e. The van der Waals surface area contributed by atoms with Gasteiger partial charge in [0.05, 0.1) is 9.97 Å². The number of rotatable bonds is 3. The Labute approximate surface area is 192 Å². The van der Waals surface area contributed by atoms with Crippen molar-refractivity contribution in [1.82, 2.24) is 25.8 Å². The fourth-order valence-electron chi connectivity index (χ4n) is 4.68. The summed E-state index contributed by atoms with van der Waals surface area (Å²) < 4.78 is 0.0675. The molecule has 0 radical (unpaired) electrons. The van der Waals surface area contributed by atoms with Gasteiger partial charge in [0.25, 0.3) is 5.91 Å². The Kier molecular flexibility index (Phi) is 5.44. The van der Waals surface area contributed by atoms with Crippen LogP contribution < -0.4 is 21.3 Å². The molecule has 0 saturated carbocycles. The van der Waals surface area contributed by atoms with Gasteiger partial charge in [-0.05, 0) is 24.1 Å². The van der Waals surface area contributed by atoms with Gasteiger partial charge in [0.15, 0.2) is 0 Å². The molecular formula is C20H23IN6O4. The molecule has 4 unspecified atom stereocenters. The molecule has 4 atom stereocenters. The first-order valence-corrected chi connectivity index (χ1v) is 11.6. The molecule has 4 aliphatic heterocycles. The number of nitrogens with one attached hydrogen (secondary N) is 4. The van der Waals surface area contributed by atoms with Gasteiger partial charge < -0.3 is 10.2 Å². The third-order valence-corrected chi connectivity index (χ3v) is 7.94. The van der Waals surface area contributed by atoms with Crippen LogP contribution in [0.3, 0.4) is 0 Å². The number of hydrogen-bond donors (Lipinski definition) is 4. The first-order chi connectivity index (χ1) is 14.9. The maximum atomic E-state index is 13.0. The molecule has 1 aromatic carbocycles. The van der Waals surface area contributed by atoms with Gasteiger partial charge in [0, 0.05) is 43.9 Å². The lowest BCUT2D eigenvalue weighted by Gasteiger charge is -2.39. The minimum absolute atomic E-state index is 0.0675. The molecule has 3 saturated heterocycles. The van der Waals surface area contributed by atoms with Crippen LogP contribution in [0.4, 0.5) is 5.69 Å². The standard InChI is InChI=1S/C20H23IN6O4/c21-16-13(8-23-20-22-5-6-26(16)20)17(29)24-11-2-1-10-9-27(19(31)12(10)7-11)14-3-4-15(28)25-18(14)30/h1-2,7,13-14,16,20,22-23H,3-6,8-9H2,(H,24,29)(H,25,28,30). The molecule has 4 N–H and O–H groups in total. The minimum atomic E-state index is -0.647. The summed E-state index contributed by atoms with van der Waals surface area (Å²) in [6.07, 6.45) is 0.659. The zero-order valence-corrected chi connectivity index (χ0v) is 18.8. The highest BCUT2D eigenvalue weighted by Crippen LogP contribution is 2.31. The molecule has 3 fully saturated rings. The Bertz CT molecular complexity index is 971. The number of halogens is 1. The molecule has 10 nitrogen and oxygen atoms in total. The van der Waals surface area contributed by atoms with Crippen LogP contribution >= 0.6 is 22.6 Å². The molecule has 0 spiro atoms. The number of hydrogen-bond acceptors (Lipinski definition) is 7. The topological polar surface area (TPSA) is 123 Å². The van der Waals surface area contributed by atoms with Crippen molar-refractivity contribution in [3.8, 4) is 0 Å². The van der Waals surface area contributed by atoms with E-state index in [-0.39, 0.29) is 40.4 Å². The van der Waals surface area contributed by atoms with E-state index in [0.717, 1.165) is 18.7 Å². The van der Waals surface area contributed by atoms with Gasteiger partial charge in [-0.1, -0.05) is 28.7 Å². The van der Waals surface area contributed by atoms with Crippen molar-refractivity contribution in [2.75, 3.05) is 25.0 Å². The summed E-state index contributed by atoms with van der Waals surface area (Å²) in [7, 11) is 0. The second-order valence-corrected chi connectivity index (χ2v) is 9.52. The first-order valence-electron chi connectivity index (χ1n) is 10.4. The van der Waals surface area contributed by atoms with Crippen molar-refractivity contribution in [3.05, 3.63) is 29.3 Å². The number of piperidine rings is 1. The molecule has 1 aromatic rings. The fourth-order valence-corrected chi connectivity index (χ4v) is 5.86. The molecule has 31 heavy (non-hydrogen) atoms. The van der Waals surface area contributed by atoms with Crippen LogP contribution in [-0.4, -0.2) is 69.4 Å². The predicted molar refractivity (Wildman–Crippen MR) is 119 cm³/mol. The zero-order chi connectivity index (χ0) is 21.7. The zero-order valence-electron chi connectivity index (χ0n) is 16.7. The molecule has 164 valence electrons. The Morgan fingerprint density at radius 3 is 2.84 bits per heavy atom. The lowest BCUT2D eigenvalue weighted by molar-refractivity contribution is -0.137. The number of amides is 4. The maximum absolute atomic E-state index is 13.0. The van der Waals surface area contributed by atoms with Crippen LogP contribution in [0.15, 0.2) is 18.2 Å². The molecule has 5 rings (SSSR count). The average Bonchev–Trinajstić information content (AvgIpc) is 3.34. The van der Waals surface area contributed by atoms with Crippen molar-refractivity contribution >= 4 is 51.9 Å². The van der Waals surface area contributed by atoms with E-state index in [1.807, 2.05) is 6.07 Å². The van der Waals surface area contributed by atoms with Crippen molar-refractivity contribution in [2.45, 2.75) is 35.8 Å². The summed E-state index contributed by atoms with van der Waals surface area (Å²) in [5, 5.41) is 12.0. The highest BCUT2D eigenvalue weighted by atomic mass is 127. The summed E-state index contributed by atoms with van der Waals surface area (Å²) in [6, 6.07) is 4.64.